The molecule has 2 aliphatic heterocycles. The SMILES string of the molecule is O=C(COc1ccc(CN2CCOCC2)cc1Cl)N1CCc2nc3cc(C(F)(F)F)ccn3c2C1c1ccc(Cl)cn1. The zero-order chi connectivity index (χ0) is 29.4. The van der Waals surface area contributed by atoms with Gasteiger partial charge in [-0.2, -0.15) is 13.2 Å². The van der Waals surface area contributed by atoms with Gasteiger partial charge in [0.05, 0.1) is 45.9 Å². The molecule has 0 N–H and O–H groups in total. The van der Waals surface area contributed by atoms with E-state index < -0.39 is 17.8 Å². The minimum atomic E-state index is -4.51. The summed E-state index contributed by atoms with van der Waals surface area (Å²) in [4.78, 5) is 26.4. The van der Waals surface area contributed by atoms with Crippen molar-refractivity contribution in [2.24, 2.45) is 0 Å². The van der Waals surface area contributed by atoms with Crippen LogP contribution in [0, 0.1) is 0 Å². The first-order valence-electron chi connectivity index (χ1n) is 13.4. The fraction of sp³-hybridized carbons (Fsp3) is 0.345. The Bertz CT molecular complexity index is 1610. The summed E-state index contributed by atoms with van der Waals surface area (Å²) in [7, 11) is 0. The van der Waals surface area contributed by atoms with E-state index in [1.165, 1.54) is 12.4 Å². The van der Waals surface area contributed by atoms with Gasteiger partial charge in [0.2, 0.25) is 0 Å². The molecule has 0 aliphatic carbocycles. The Morgan fingerprint density at radius 1 is 1.07 bits per heavy atom. The van der Waals surface area contributed by atoms with Crippen LogP contribution in [0.15, 0.2) is 54.9 Å². The quantitative estimate of drug-likeness (QED) is 0.286. The van der Waals surface area contributed by atoms with Crippen LogP contribution in [0.5, 0.6) is 5.75 Å². The molecule has 0 saturated carbocycles. The number of amides is 1. The standard InChI is InChI=1S/C29H26Cl2F3N5O3/c30-20-2-3-22(35-15-20)27-28-23(36-25-14-19(29(32,33)34)5-7-38(25)28)6-8-39(27)26(40)17-42-24-4-1-18(13-21(24)31)16-37-9-11-41-12-10-37/h1-5,7,13-15,27H,6,8-12,16-17H2. The maximum absolute atomic E-state index is 13.6. The van der Waals surface area contributed by atoms with Gasteiger partial charge in [0, 0.05) is 45.0 Å². The third-order valence-electron chi connectivity index (χ3n) is 7.43. The van der Waals surface area contributed by atoms with Crippen LogP contribution < -0.4 is 4.74 Å². The normalized spacial score (nSPS) is 17.8. The Morgan fingerprint density at radius 3 is 2.60 bits per heavy atom. The van der Waals surface area contributed by atoms with Crippen LogP contribution in [0.4, 0.5) is 13.2 Å². The second-order valence-electron chi connectivity index (χ2n) is 10.2. The Kier molecular flexibility index (Phi) is 8.01. The number of nitrogens with zero attached hydrogens (tertiary/aromatic N) is 5. The van der Waals surface area contributed by atoms with Crippen LogP contribution in [0.1, 0.15) is 34.3 Å². The van der Waals surface area contributed by atoms with Gasteiger partial charge in [-0.1, -0.05) is 29.3 Å². The number of alkyl halides is 3. The van der Waals surface area contributed by atoms with Crippen LogP contribution in [0.25, 0.3) is 5.65 Å². The van der Waals surface area contributed by atoms with Crippen molar-refractivity contribution in [1.82, 2.24) is 24.2 Å². The van der Waals surface area contributed by atoms with E-state index in [4.69, 9.17) is 32.7 Å². The number of hydrogen-bond acceptors (Lipinski definition) is 6. The van der Waals surface area contributed by atoms with Crippen molar-refractivity contribution in [3.05, 3.63) is 93.1 Å². The lowest BCUT2D eigenvalue weighted by atomic mass is 9.99. The maximum Gasteiger partial charge on any atom is 0.416 e. The van der Waals surface area contributed by atoms with Crippen molar-refractivity contribution in [2.75, 3.05) is 39.5 Å². The van der Waals surface area contributed by atoms with E-state index in [9.17, 15) is 18.0 Å². The maximum atomic E-state index is 13.6. The molecule has 1 fully saturated rings. The highest BCUT2D eigenvalue weighted by atomic mass is 35.5. The summed E-state index contributed by atoms with van der Waals surface area (Å²) in [5.41, 5.74) is 2.04. The van der Waals surface area contributed by atoms with Gasteiger partial charge < -0.3 is 18.8 Å². The number of carbonyl (C=O) groups is 1. The van der Waals surface area contributed by atoms with Gasteiger partial charge in [0.1, 0.15) is 17.4 Å². The molecule has 0 radical (unpaired) electrons. The monoisotopic (exact) mass is 619 g/mol. The second-order valence-corrected chi connectivity index (χ2v) is 11.0. The Balaban J connectivity index is 1.25. The molecule has 2 aliphatic rings. The number of imidazole rings is 1. The van der Waals surface area contributed by atoms with Crippen molar-refractivity contribution >= 4 is 34.8 Å². The van der Waals surface area contributed by atoms with Crippen LogP contribution in [-0.2, 0) is 28.7 Å². The molecule has 0 bridgehead atoms. The van der Waals surface area contributed by atoms with Gasteiger partial charge >= 0.3 is 6.18 Å². The van der Waals surface area contributed by atoms with Gasteiger partial charge in [-0.25, -0.2) is 4.98 Å². The van der Waals surface area contributed by atoms with E-state index in [-0.39, 0.29) is 24.7 Å². The number of fused-ring (bicyclic) bond motifs is 3. The highest BCUT2D eigenvalue weighted by Crippen LogP contribution is 2.37. The molecule has 4 aromatic rings. The predicted octanol–water partition coefficient (Wildman–Crippen LogP) is 5.44. The average Bonchev–Trinajstić information content (AvgIpc) is 3.35. The third-order valence-corrected chi connectivity index (χ3v) is 7.95. The summed E-state index contributed by atoms with van der Waals surface area (Å²) >= 11 is 12.6. The summed E-state index contributed by atoms with van der Waals surface area (Å²) in [6.07, 6.45) is -1.36. The minimum absolute atomic E-state index is 0.142. The summed E-state index contributed by atoms with van der Waals surface area (Å²) in [5, 5.41) is 0.809. The first-order valence-corrected chi connectivity index (χ1v) is 14.1. The van der Waals surface area contributed by atoms with Crippen molar-refractivity contribution < 1.29 is 27.4 Å². The minimum Gasteiger partial charge on any atom is -0.482 e. The second kappa shape index (κ2) is 11.7. The molecular formula is C29H26Cl2F3N5O3. The van der Waals surface area contributed by atoms with Gasteiger partial charge in [-0.05, 0) is 42.0 Å². The number of benzene rings is 1. The molecule has 8 nitrogen and oxygen atoms in total. The number of ether oxygens (including phenoxy) is 2. The van der Waals surface area contributed by atoms with Crippen molar-refractivity contribution in [3.63, 3.8) is 0 Å². The molecule has 5 heterocycles. The Hall–Kier alpha value is -3.38. The molecule has 13 heteroatoms. The topological polar surface area (TPSA) is 72.2 Å². The van der Waals surface area contributed by atoms with E-state index in [1.54, 1.807) is 27.5 Å². The van der Waals surface area contributed by atoms with Crippen LogP contribution >= 0.6 is 23.2 Å². The number of aromatic nitrogens is 3. The predicted molar refractivity (Wildman–Crippen MR) is 150 cm³/mol. The van der Waals surface area contributed by atoms with Crippen molar-refractivity contribution in [3.8, 4) is 5.75 Å². The number of pyridine rings is 2. The molecule has 3 aromatic heterocycles. The van der Waals surface area contributed by atoms with E-state index in [0.29, 0.717) is 52.5 Å². The third kappa shape index (κ3) is 5.92. The van der Waals surface area contributed by atoms with E-state index in [2.05, 4.69) is 14.9 Å². The zero-order valence-electron chi connectivity index (χ0n) is 22.3. The molecule has 42 heavy (non-hydrogen) atoms. The molecular weight excluding hydrogens is 594 g/mol. The largest absolute Gasteiger partial charge is 0.482 e. The molecule has 6 rings (SSSR count). The first kappa shape index (κ1) is 28.7. The molecule has 1 unspecified atom stereocenters. The molecule has 1 saturated heterocycles. The number of hydrogen-bond donors (Lipinski definition) is 0. The fourth-order valence-electron chi connectivity index (χ4n) is 5.38. The van der Waals surface area contributed by atoms with E-state index in [0.717, 1.165) is 37.3 Å². The lowest BCUT2D eigenvalue weighted by molar-refractivity contribution is -0.137. The van der Waals surface area contributed by atoms with Crippen molar-refractivity contribution in [1.29, 1.82) is 0 Å². The molecule has 0 spiro atoms. The number of rotatable bonds is 6. The van der Waals surface area contributed by atoms with Crippen LogP contribution in [-0.4, -0.2) is 69.5 Å². The van der Waals surface area contributed by atoms with Gasteiger partial charge in [0.15, 0.2) is 6.61 Å². The fourth-order valence-corrected chi connectivity index (χ4v) is 5.75. The lowest BCUT2D eigenvalue weighted by Gasteiger charge is -2.35. The van der Waals surface area contributed by atoms with Crippen LogP contribution in [0.3, 0.4) is 0 Å². The summed E-state index contributed by atoms with van der Waals surface area (Å²) in [6, 6.07) is 10.1. The lowest BCUT2D eigenvalue weighted by Crippen LogP contribution is -2.43. The molecule has 1 amide bonds. The Morgan fingerprint density at radius 2 is 1.88 bits per heavy atom. The smallest absolute Gasteiger partial charge is 0.416 e. The summed E-state index contributed by atoms with van der Waals surface area (Å²) < 4.78 is 53.0. The first-order chi connectivity index (χ1) is 20.2. The molecule has 1 atom stereocenters. The molecule has 1 aromatic carbocycles. The van der Waals surface area contributed by atoms with E-state index >= 15 is 0 Å². The number of morpholine rings is 1. The average molecular weight is 620 g/mol. The zero-order valence-corrected chi connectivity index (χ0v) is 23.8. The van der Waals surface area contributed by atoms with Crippen molar-refractivity contribution in [2.45, 2.75) is 25.2 Å². The summed E-state index contributed by atoms with van der Waals surface area (Å²) in [6.45, 7) is 3.81. The van der Waals surface area contributed by atoms with E-state index in [1.807, 2.05) is 12.1 Å². The molecule has 220 valence electrons. The Labute approximate surface area is 249 Å². The number of carbonyl (C=O) groups excluding carboxylic acids is 1. The van der Waals surface area contributed by atoms with Gasteiger partial charge in [-0.3, -0.25) is 14.7 Å². The van der Waals surface area contributed by atoms with Gasteiger partial charge in [0.25, 0.3) is 5.91 Å². The van der Waals surface area contributed by atoms with Gasteiger partial charge in [-0.15, -0.1) is 0 Å². The van der Waals surface area contributed by atoms with Crippen LogP contribution in [0.2, 0.25) is 10.0 Å². The highest BCUT2D eigenvalue weighted by molar-refractivity contribution is 6.32. The highest BCUT2D eigenvalue weighted by Gasteiger charge is 2.38. The number of halogens is 5. The summed E-state index contributed by atoms with van der Waals surface area (Å²) in [5.74, 6) is 0.0433.